The Morgan fingerprint density at radius 3 is 2.62 bits per heavy atom. The second-order valence-corrected chi connectivity index (χ2v) is 6.28. The van der Waals surface area contributed by atoms with Crippen molar-refractivity contribution in [2.24, 2.45) is 5.92 Å². The molecule has 0 atom stereocenters. The van der Waals surface area contributed by atoms with Crippen LogP contribution < -0.4 is 15.4 Å². The summed E-state index contributed by atoms with van der Waals surface area (Å²) in [7, 11) is 1.67. The molecule has 0 aliphatic heterocycles. The topological polar surface area (TPSA) is 50.4 Å². The molecule has 1 aliphatic rings. The van der Waals surface area contributed by atoms with E-state index in [1.54, 1.807) is 7.11 Å². The summed E-state index contributed by atoms with van der Waals surface area (Å²) in [4.78, 5) is 11.8. The summed E-state index contributed by atoms with van der Waals surface area (Å²) in [6.45, 7) is 1.92. The van der Waals surface area contributed by atoms with Crippen LogP contribution in [0.4, 0.5) is 0 Å². The maximum Gasteiger partial charge on any atom is 0.234 e. The standard InChI is InChI=1S/C20H24N2O2/c1-24-19-4-2-3-18(11-19)17-9-7-16(8-10-17)13-22-20(23)14-21-12-15-5-6-15/h2-4,7-11,15,21H,5-6,12-14H2,1H3,(H,22,23). The highest BCUT2D eigenvalue weighted by atomic mass is 16.5. The van der Waals surface area contributed by atoms with Gasteiger partial charge in [0.05, 0.1) is 13.7 Å². The summed E-state index contributed by atoms with van der Waals surface area (Å²) >= 11 is 0. The molecule has 1 aliphatic carbocycles. The van der Waals surface area contributed by atoms with Crippen LogP contribution in [-0.2, 0) is 11.3 Å². The number of rotatable bonds is 8. The average molecular weight is 324 g/mol. The first-order chi connectivity index (χ1) is 11.7. The van der Waals surface area contributed by atoms with Crippen LogP contribution in [0, 0.1) is 5.92 Å². The Balaban J connectivity index is 1.49. The Morgan fingerprint density at radius 1 is 1.12 bits per heavy atom. The van der Waals surface area contributed by atoms with Gasteiger partial charge in [-0.05, 0) is 54.1 Å². The zero-order chi connectivity index (χ0) is 16.8. The van der Waals surface area contributed by atoms with Gasteiger partial charge in [-0.1, -0.05) is 36.4 Å². The van der Waals surface area contributed by atoms with E-state index in [0.717, 1.165) is 34.9 Å². The van der Waals surface area contributed by atoms with Gasteiger partial charge in [-0.3, -0.25) is 4.79 Å². The Hall–Kier alpha value is -2.33. The molecule has 2 aromatic carbocycles. The number of nitrogens with one attached hydrogen (secondary N) is 2. The van der Waals surface area contributed by atoms with E-state index in [0.29, 0.717) is 13.1 Å². The maximum absolute atomic E-state index is 11.8. The maximum atomic E-state index is 11.8. The second kappa shape index (κ2) is 7.97. The fraction of sp³-hybridized carbons (Fsp3) is 0.350. The molecule has 2 N–H and O–H groups in total. The van der Waals surface area contributed by atoms with E-state index in [1.165, 1.54) is 12.8 Å². The minimum atomic E-state index is 0.0486. The van der Waals surface area contributed by atoms with Crippen molar-refractivity contribution < 1.29 is 9.53 Å². The molecule has 1 amide bonds. The van der Waals surface area contributed by atoms with Gasteiger partial charge in [-0.25, -0.2) is 0 Å². The zero-order valence-corrected chi connectivity index (χ0v) is 14.0. The van der Waals surface area contributed by atoms with Gasteiger partial charge >= 0.3 is 0 Å². The third-order valence-electron chi connectivity index (χ3n) is 4.26. The van der Waals surface area contributed by atoms with Crippen molar-refractivity contribution in [2.45, 2.75) is 19.4 Å². The van der Waals surface area contributed by atoms with Crippen LogP contribution in [0.15, 0.2) is 48.5 Å². The molecule has 0 radical (unpaired) electrons. The van der Waals surface area contributed by atoms with E-state index in [-0.39, 0.29) is 5.91 Å². The molecule has 0 aromatic heterocycles. The number of ether oxygens (including phenoxy) is 1. The quantitative estimate of drug-likeness (QED) is 0.785. The van der Waals surface area contributed by atoms with E-state index in [4.69, 9.17) is 4.74 Å². The molecule has 0 bridgehead atoms. The Bertz CT molecular complexity index is 678. The third-order valence-corrected chi connectivity index (χ3v) is 4.26. The van der Waals surface area contributed by atoms with Gasteiger partial charge in [0.25, 0.3) is 0 Å². The largest absolute Gasteiger partial charge is 0.497 e. The molecule has 126 valence electrons. The number of carbonyl (C=O) groups excluding carboxylic acids is 1. The zero-order valence-electron chi connectivity index (χ0n) is 14.0. The minimum Gasteiger partial charge on any atom is -0.497 e. The van der Waals surface area contributed by atoms with Crippen molar-refractivity contribution in [1.82, 2.24) is 10.6 Å². The Morgan fingerprint density at radius 2 is 1.92 bits per heavy atom. The van der Waals surface area contributed by atoms with Gasteiger partial charge in [-0.2, -0.15) is 0 Å². The number of amides is 1. The summed E-state index contributed by atoms with van der Waals surface area (Å²) < 4.78 is 5.26. The first-order valence-corrected chi connectivity index (χ1v) is 8.45. The van der Waals surface area contributed by atoms with Crippen LogP contribution in [0.3, 0.4) is 0 Å². The molecule has 4 nitrogen and oxygen atoms in total. The van der Waals surface area contributed by atoms with E-state index >= 15 is 0 Å². The lowest BCUT2D eigenvalue weighted by molar-refractivity contribution is -0.120. The number of methoxy groups -OCH3 is 1. The molecule has 1 fully saturated rings. The van der Waals surface area contributed by atoms with Crippen LogP contribution in [0.25, 0.3) is 11.1 Å². The molecule has 2 aromatic rings. The smallest absolute Gasteiger partial charge is 0.234 e. The molecule has 1 saturated carbocycles. The van der Waals surface area contributed by atoms with E-state index in [2.05, 4.69) is 28.8 Å². The predicted molar refractivity (Wildman–Crippen MR) is 95.9 cm³/mol. The summed E-state index contributed by atoms with van der Waals surface area (Å²) in [6, 6.07) is 16.2. The summed E-state index contributed by atoms with van der Waals surface area (Å²) in [5.74, 6) is 1.69. The van der Waals surface area contributed by atoms with Gasteiger partial charge in [-0.15, -0.1) is 0 Å². The number of hydrogen-bond acceptors (Lipinski definition) is 3. The fourth-order valence-electron chi connectivity index (χ4n) is 2.59. The molecule has 0 spiro atoms. The van der Waals surface area contributed by atoms with Crippen LogP contribution in [0.5, 0.6) is 5.75 Å². The number of hydrogen-bond donors (Lipinski definition) is 2. The molecule has 0 saturated heterocycles. The van der Waals surface area contributed by atoms with E-state index < -0.39 is 0 Å². The van der Waals surface area contributed by atoms with Crippen molar-refractivity contribution in [3.8, 4) is 16.9 Å². The predicted octanol–water partition coefficient (Wildman–Crippen LogP) is 2.98. The van der Waals surface area contributed by atoms with Crippen LogP contribution in [0.2, 0.25) is 0 Å². The van der Waals surface area contributed by atoms with Crippen molar-refractivity contribution in [3.63, 3.8) is 0 Å². The highest BCUT2D eigenvalue weighted by Gasteiger charge is 2.20. The van der Waals surface area contributed by atoms with Crippen LogP contribution >= 0.6 is 0 Å². The van der Waals surface area contributed by atoms with Crippen LogP contribution in [-0.4, -0.2) is 26.1 Å². The number of carbonyl (C=O) groups is 1. The van der Waals surface area contributed by atoms with Gasteiger partial charge in [0.1, 0.15) is 5.75 Å². The van der Waals surface area contributed by atoms with Gasteiger partial charge < -0.3 is 15.4 Å². The SMILES string of the molecule is COc1cccc(-c2ccc(CNC(=O)CNCC3CC3)cc2)c1. The highest BCUT2D eigenvalue weighted by Crippen LogP contribution is 2.27. The molecular formula is C20H24N2O2. The first kappa shape index (κ1) is 16.5. The van der Waals surface area contributed by atoms with E-state index in [9.17, 15) is 4.79 Å². The van der Waals surface area contributed by atoms with Crippen molar-refractivity contribution in [2.75, 3.05) is 20.2 Å². The lowest BCUT2D eigenvalue weighted by atomic mass is 10.0. The summed E-state index contributed by atoms with van der Waals surface area (Å²) in [5.41, 5.74) is 3.35. The number of benzene rings is 2. The van der Waals surface area contributed by atoms with E-state index in [1.807, 2.05) is 30.3 Å². The third kappa shape index (κ3) is 4.83. The van der Waals surface area contributed by atoms with Crippen molar-refractivity contribution in [3.05, 3.63) is 54.1 Å². The Kier molecular flexibility index (Phi) is 5.49. The normalized spacial score (nSPS) is 13.5. The molecule has 24 heavy (non-hydrogen) atoms. The van der Waals surface area contributed by atoms with Crippen LogP contribution in [0.1, 0.15) is 18.4 Å². The van der Waals surface area contributed by atoms with Crippen molar-refractivity contribution in [1.29, 1.82) is 0 Å². The monoisotopic (exact) mass is 324 g/mol. The van der Waals surface area contributed by atoms with Crippen molar-refractivity contribution >= 4 is 5.91 Å². The Labute approximate surface area is 143 Å². The highest BCUT2D eigenvalue weighted by molar-refractivity contribution is 5.78. The summed E-state index contributed by atoms with van der Waals surface area (Å²) in [5, 5.41) is 6.15. The van der Waals surface area contributed by atoms with Gasteiger partial charge in [0, 0.05) is 6.54 Å². The lowest BCUT2D eigenvalue weighted by Crippen LogP contribution is -2.34. The lowest BCUT2D eigenvalue weighted by Gasteiger charge is -2.08. The molecule has 0 heterocycles. The van der Waals surface area contributed by atoms with Gasteiger partial charge in [0.2, 0.25) is 5.91 Å². The molecular weight excluding hydrogens is 300 g/mol. The molecule has 0 unspecified atom stereocenters. The molecule has 4 heteroatoms. The minimum absolute atomic E-state index is 0.0486. The molecule has 3 rings (SSSR count). The average Bonchev–Trinajstić information content (AvgIpc) is 3.45. The first-order valence-electron chi connectivity index (χ1n) is 8.45. The summed E-state index contributed by atoms with van der Waals surface area (Å²) in [6.07, 6.45) is 2.60. The second-order valence-electron chi connectivity index (χ2n) is 6.28. The fourth-order valence-corrected chi connectivity index (χ4v) is 2.59. The van der Waals surface area contributed by atoms with Gasteiger partial charge in [0.15, 0.2) is 0 Å².